The lowest BCUT2D eigenvalue weighted by atomic mass is 9.96. The van der Waals surface area contributed by atoms with Crippen molar-refractivity contribution < 1.29 is 23.1 Å². The van der Waals surface area contributed by atoms with Crippen LogP contribution in [0, 0.1) is 5.92 Å². The fraction of sp³-hybridized carbons (Fsp3) is 0.676. The first-order valence-electron chi connectivity index (χ1n) is 17.1. The first-order valence-corrected chi connectivity index (χ1v) is 19.0. The molecule has 5 rings (SSSR count). The van der Waals surface area contributed by atoms with E-state index in [4.69, 9.17) is 0 Å². The van der Waals surface area contributed by atoms with Crippen LogP contribution < -0.4 is 15.6 Å². The van der Waals surface area contributed by atoms with E-state index in [9.17, 15) is 27.9 Å². The second-order valence-corrected chi connectivity index (χ2v) is 16.0. The molecule has 1 aromatic carbocycles. The molecule has 1 aromatic heterocycles. The molecule has 2 aromatic rings. The number of aliphatic hydroxyl groups excluding tert-OH is 1. The number of fused-ring (bicyclic) bond motifs is 3. The van der Waals surface area contributed by atoms with Crippen LogP contribution in [-0.2, 0) is 14.8 Å². The lowest BCUT2D eigenvalue weighted by molar-refractivity contribution is -0.130. The molecule has 3 saturated heterocycles. The van der Waals surface area contributed by atoms with Gasteiger partial charge in [-0.15, -0.1) is 0 Å². The first kappa shape index (κ1) is 35.5. The summed E-state index contributed by atoms with van der Waals surface area (Å²) in [5.41, 5.74) is 0.708. The van der Waals surface area contributed by atoms with Crippen molar-refractivity contribution in [3.8, 4) is 0 Å². The second-order valence-electron chi connectivity index (χ2n) is 14.1. The quantitative estimate of drug-likeness (QED) is 0.292. The summed E-state index contributed by atoms with van der Waals surface area (Å²) in [5, 5.41) is 15.1. The van der Waals surface area contributed by atoms with E-state index in [1.807, 2.05) is 38.1 Å². The van der Waals surface area contributed by atoms with Crippen molar-refractivity contribution in [3.63, 3.8) is 0 Å². The van der Waals surface area contributed by atoms with Crippen LogP contribution in [0.15, 0.2) is 35.1 Å². The molecule has 0 saturated carbocycles. The molecule has 0 radical (unpaired) electrons. The molecule has 3 aliphatic rings. The van der Waals surface area contributed by atoms with Gasteiger partial charge in [0.15, 0.2) is 0 Å². The van der Waals surface area contributed by atoms with Crippen LogP contribution in [0.2, 0.25) is 0 Å². The molecule has 3 unspecified atom stereocenters. The van der Waals surface area contributed by atoms with Crippen LogP contribution in [0.25, 0.3) is 10.9 Å². The highest BCUT2D eigenvalue weighted by molar-refractivity contribution is 7.88. The lowest BCUT2D eigenvalue weighted by Gasteiger charge is -2.40. The van der Waals surface area contributed by atoms with Crippen molar-refractivity contribution in [2.45, 2.75) is 89.6 Å². The number of pyridine rings is 1. The van der Waals surface area contributed by atoms with E-state index in [1.54, 1.807) is 22.5 Å². The zero-order valence-corrected chi connectivity index (χ0v) is 29.0. The number of carbonyl (C=O) groups is 2. The van der Waals surface area contributed by atoms with Gasteiger partial charge in [0.05, 0.1) is 17.9 Å². The van der Waals surface area contributed by atoms with Gasteiger partial charge < -0.3 is 24.8 Å². The number of nitrogens with one attached hydrogen (secondary N) is 2. The molecular formula is C34H52N6O6S. The summed E-state index contributed by atoms with van der Waals surface area (Å²) >= 11 is 0. The van der Waals surface area contributed by atoms with Gasteiger partial charge in [0.1, 0.15) is 5.56 Å². The minimum absolute atomic E-state index is 0.0493. The molecule has 0 spiro atoms. The Labute approximate surface area is 278 Å². The fourth-order valence-electron chi connectivity index (χ4n) is 7.79. The van der Waals surface area contributed by atoms with Gasteiger partial charge in [0.2, 0.25) is 15.9 Å². The number of aliphatic hydroxyl groups is 1. The molecule has 3 N–H and O–H groups in total. The number of piperidine rings is 2. The normalized spacial score (nSPS) is 23.3. The number of benzene rings is 1. The summed E-state index contributed by atoms with van der Waals surface area (Å²) < 4.78 is 27.1. The Morgan fingerprint density at radius 1 is 1.06 bits per heavy atom. The summed E-state index contributed by atoms with van der Waals surface area (Å²) in [6.07, 6.45) is 5.80. The third kappa shape index (κ3) is 9.00. The number of para-hydroxylation sites is 1. The van der Waals surface area contributed by atoms with Crippen molar-refractivity contribution in [3.05, 3.63) is 46.2 Å². The maximum atomic E-state index is 13.4. The van der Waals surface area contributed by atoms with Crippen LogP contribution in [0.4, 0.5) is 0 Å². The minimum Gasteiger partial charge on any atom is -0.390 e. The molecule has 47 heavy (non-hydrogen) atoms. The smallest absolute Gasteiger partial charge is 0.264 e. The molecule has 12 nitrogen and oxygen atoms in total. The number of hydrogen-bond donors (Lipinski definition) is 3. The molecule has 0 aliphatic carbocycles. The van der Waals surface area contributed by atoms with E-state index < -0.39 is 16.1 Å². The van der Waals surface area contributed by atoms with Crippen molar-refractivity contribution in [1.82, 2.24) is 29.3 Å². The standard InChI is InChI=1S/C34H52N6O6S/c1-23(2)40-32-8-6-5-7-26(32)17-31(34(40)44)33(43)36-27-18-28-9-10-29(19-27)39(28)22-30(42)21-38(24(3)41)16-15-37-13-11-25(12-14-37)20-35-47(4,45)46/h5-8,17,23,25,27-30,35,42H,9-16,18-22H2,1-4H3,(H,36,43). The molecule has 4 heterocycles. The van der Waals surface area contributed by atoms with Gasteiger partial charge in [-0.25, -0.2) is 13.1 Å². The van der Waals surface area contributed by atoms with E-state index in [2.05, 4.69) is 19.8 Å². The summed E-state index contributed by atoms with van der Waals surface area (Å²) in [4.78, 5) is 45.7. The van der Waals surface area contributed by atoms with Crippen LogP contribution in [0.1, 0.15) is 75.7 Å². The van der Waals surface area contributed by atoms with Crippen LogP contribution in [0.5, 0.6) is 0 Å². The Morgan fingerprint density at radius 3 is 2.34 bits per heavy atom. The van der Waals surface area contributed by atoms with Crippen molar-refractivity contribution in [1.29, 1.82) is 0 Å². The number of likely N-dealkylation sites (tertiary alicyclic amines) is 1. The third-order valence-electron chi connectivity index (χ3n) is 10.3. The minimum atomic E-state index is -3.19. The van der Waals surface area contributed by atoms with Crippen LogP contribution in [-0.4, -0.2) is 121 Å². The van der Waals surface area contributed by atoms with Gasteiger partial charge in [0, 0.05) is 63.8 Å². The number of aromatic nitrogens is 1. The molecule has 3 atom stereocenters. The maximum absolute atomic E-state index is 13.4. The highest BCUT2D eigenvalue weighted by atomic mass is 32.2. The molecule has 260 valence electrons. The summed E-state index contributed by atoms with van der Waals surface area (Å²) in [7, 11) is -3.19. The molecule has 3 aliphatic heterocycles. The number of rotatable bonds is 13. The monoisotopic (exact) mass is 672 g/mol. The van der Waals surface area contributed by atoms with Crippen LogP contribution in [0.3, 0.4) is 0 Å². The van der Waals surface area contributed by atoms with E-state index in [0.29, 0.717) is 32.1 Å². The number of amides is 2. The first-order chi connectivity index (χ1) is 22.3. The van der Waals surface area contributed by atoms with Crippen molar-refractivity contribution in [2.75, 3.05) is 52.1 Å². The van der Waals surface area contributed by atoms with Gasteiger partial charge in [-0.1, -0.05) is 18.2 Å². The average molecular weight is 673 g/mol. The number of sulfonamides is 1. The highest BCUT2D eigenvalue weighted by Crippen LogP contribution is 2.36. The van der Waals surface area contributed by atoms with Crippen molar-refractivity contribution >= 4 is 32.7 Å². The van der Waals surface area contributed by atoms with E-state index in [0.717, 1.165) is 62.5 Å². The SMILES string of the molecule is CC(=O)N(CCN1CCC(CNS(C)(=O)=O)CC1)CC(O)CN1C2CCC1CC(NC(=O)c1cc3ccccc3n(C(C)C)c1=O)C2. The average Bonchev–Trinajstić information content (AvgIpc) is 3.23. The number of nitrogens with zero attached hydrogens (tertiary/aromatic N) is 4. The Morgan fingerprint density at radius 2 is 1.72 bits per heavy atom. The largest absolute Gasteiger partial charge is 0.390 e. The highest BCUT2D eigenvalue weighted by Gasteiger charge is 2.42. The topological polar surface area (TPSA) is 144 Å². The number of hydrogen-bond acceptors (Lipinski definition) is 8. The Balaban J connectivity index is 1.11. The summed E-state index contributed by atoms with van der Waals surface area (Å²) in [6.45, 7) is 9.60. The summed E-state index contributed by atoms with van der Waals surface area (Å²) in [5.74, 6) is -0.0787. The molecule has 3 fully saturated rings. The van der Waals surface area contributed by atoms with E-state index in [1.165, 1.54) is 6.26 Å². The Bertz CT molecular complexity index is 1570. The predicted octanol–water partition coefficient (Wildman–Crippen LogP) is 1.78. The van der Waals surface area contributed by atoms with Crippen molar-refractivity contribution in [2.24, 2.45) is 5.92 Å². The molecule has 2 amide bonds. The maximum Gasteiger partial charge on any atom is 0.264 e. The van der Waals surface area contributed by atoms with Crippen LogP contribution >= 0.6 is 0 Å². The molecule has 2 bridgehead atoms. The zero-order valence-electron chi connectivity index (χ0n) is 28.2. The second kappa shape index (κ2) is 15.1. The number of carbonyl (C=O) groups excluding carboxylic acids is 2. The lowest BCUT2D eigenvalue weighted by Crippen LogP contribution is -2.54. The van der Waals surface area contributed by atoms with Gasteiger partial charge in [-0.05, 0) is 88.9 Å². The molecular weight excluding hydrogens is 620 g/mol. The Hall–Kier alpha value is -2.84. The van der Waals surface area contributed by atoms with Gasteiger partial charge in [-0.3, -0.25) is 19.3 Å². The van der Waals surface area contributed by atoms with Gasteiger partial charge >= 0.3 is 0 Å². The summed E-state index contributed by atoms with van der Waals surface area (Å²) in [6, 6.07) is 9.66. The van der Waals surface area contributed by atoms with Gasteiger partial charge in [0.25, 0.3) is 11.5 Å². The Kier molecular flexibility index (Phi) is 11.4. The fourth-order valence-corrected chi connectivity index (χ4v) is 8.33. The van der Waals surface area contributed by atoms with E-state index >= 15 is 0 Å². The van der Waals surface area contributed by atoms with Gasteiger partial charge in [-0.2, -0.15) is 0 Å². The predicted molar refractivity (Wildman–Crippen MR) is 183 cm³/mol. The zero-order chi connectivity index (χ0) is 33.9. The molecule has 13 heteroatoms. The third-order valence-corrected chi connectivity index (χ3v) is 10.9. The van der Waals surface area contributed by atoms with E-state index in [-0.39, 0.29) is 53.6 Å².